The maximum Gasteiger partial charge on any atom is 0.229 e. The second kappa shape index (κ2) is 8.18. The molecule has 0 N–H and O–H groups in total. The van der Waals surface area contributed by atoms with Crippen molar-refractivity contribution >= 4 is 23.4 Å². The van der Waals surface area contributed by atoms with Gasteiger partial charge in [-0.1, -0.05) is 36.0 Å². The molecule has 2 heterocycles. The van der Waals surface area contributed by atoms with Crippen molar-refractivity contribution in [3.63, 3.8) is 0 Å². The molecule has 0 saturated carbocycles. The monoisotopic (exact) mass is 409 g/mol. The Bertz CT molecular complexity index is 1020. The zero-order valence-electron chi connectivity index (χ0n) is 16.0. The summed E-state index contributed by atoms with van der Waals surface area (Å²) in [6, 6.07) is 16.2. The molecule has 0 bridgehead atoms. The summed E-state index contributed by atoms with van der Waals surface area (Å²) in [6.45, 7) is 2.84. The van der Waals surface area contributed by atoms with Crippen molar-refractivity contribution in [3.8, 4) is 11.8 Å². The van der Waals surface area contributed by atoms with Gasteiger partial charge in [0.1, 0.15) is 11.6 Å². The molecular formula is C22H20FN3O2S. The van der Waals surface area contributed by atoms with Crippen LogP contribution in [0.2, 0.25) is 0 Å². The summed E-state index contributed by atoms with van der Waals surface area (Å²) >= 11 is 1.45. The highest BCUT2D eigenvalue weighted by Gasteiger charge is 2.38. The predicted octanol–water partition coefficient (Wildman–Crippen LogP) is 4.44. The average Bonchev–Trinajstić information content (AvgIpc) is 2.74. The first-order valence-electron chi connectivity index (χ1n) is 9.42. The van der Waals surface area contributed by atoms with E-state index in [9.17, 15) is 14.4 Å². The minimum Gasteiger partial charge on any atom is -0.492 e. The Hall–Kier alpha value is -2.98. The number of anilines is 1. The summed E-state index contributed by atoms with van der Waals surface area (Å²) in [4.78, 5) is 16.7. The highest BCUT2D eigenvalue weighted by molar-refractivity contribution is 8.03. The fourth-order valence-electron chi connectivity index (χ4n) is 3.72. The third kappa shape index (κ3) is 3.68. The van der Waals surface area contributed by atoms with E-state index in [0.717, 1.165) is 11.4 Å². The highest BCUT2D eigenvalue weighted by Crippen LogP contribution is 2.44. The lowest BCUT2D eigenvalue weighted by Gasteiger charge is -2.42. The Morgan fingerprint density at radius 1 is 1.28 bits per heavy atom. The lowest BCUT2D eigenvalue weighted by atomic mass is 9.86. The number of allylic oxidation sites excluding steroid dienone is 1. The number of fused-ring (bicyclic) bond motifs is 1. The van der Waals surface area contributed by atoms with E-state index in [1.165, 1.54) is 23.9 Å². The van der Waals surface area contributed by atoms with Gasteiger partial charge in [-0.3, -0.25) is 9.69 Å². The number of carbonyl (C=O) groups is 1. The van der Waals surface area contributed by atoms with Gasteiger partial charge in [0.2, 0.25) is 5.91 Å². The van der Waals surface area contributed by atoms with Crippen molar-refractivity contribution in [2.75, 3.05) is 24.1 Å². The average molecular weight is 409 g/mol. The van der Waals surface area contributed by atoms with E-state index in [1.807, 2.05) is 31.2 Å². The molecule has 2 aliphatic heterocycles. The van der Waals surface area contributed by atoms with Crippen molar-refractivity contribution in [2.45, 2.75) is 19.3 Å². The molecule has 0 radical (unpaired) electrons. The Kier molecular flexibility index (Phi) is 5.45. The molecular weight excluding hydrogens is 389 g/mol. The largest absolute Gasteiger partial charge is 0.492 e. The number of nitriles is 1. The molecule has 5 nitrogen and oxygen atoms in total. The van der Waals surface area contributed by atoms with Gasteiger partial charge < -0.3 is 9.64 Å². The number of benzene rings is 2. The fourth-order valence-corrected chi connectivity index (χ4v) is 4.88. The molecule has 4 rings (SSSR count). The summed E-state index contributed by atoms with van der Waals surface area (Å²) in [5, 5.41) is 10.5. The fraction of sp³-hybridized carbons (Fsp3) is 0.273. The number of hydrogen-bond acceptors (Lipinski definition) is 5. The summed E-state index contributed by atoms with van der Waals surface area (Å²) in [7, 11) is 0. The third-order valence-electron chi connectivity index (χ3n) is 5.05. The molecule has 148 valence electrons. The van der Waals surface area contributed by atoms with E-state index >= 15 is 0 Å². The number of carbonyl (C=O) groups excluding carboxylic acids is 1. The van der Waals surface area contributed by atoms with Crippen LogP contribution in [0.15, 0.2) is 59.1 Å². The first-order chi connectivity index (χ1) is 14.1. The number of thioether (sulfide) groups is 1. The quantitative estimate of drug-likeness (QED) is 0.747. The molecule has 0 aliphatic carbocycles. The molecule has 29 heavy (non-hydrogen) atoms. The van der Waals surface area contributed by atoms with E-state index < -0.39 is 5.92 Å². The van der Waals surface area contributed by atoms with Crippen molar-refractivity contribution in [3.05, 3.63) is 70.5 Å². The van der Waals surface area contributed by atoms with Crippen LogP contribution in [0, 0.1) is 17.1 Å². The Balaban J connectivity index is 1.66. The molecule has 0 aromatic heterocycles. The van der Waals surface area contributed by atoms with E-state index in [-0.39, 0.29) is 18.1 Å². The van der Waals surface area contributed by atoms with Crippen LogP contribution in [0.25, 0.3) is 0 Å². The van der Waals surface area contributed by atoms with E-state index in [1.54, 1.807) is 17.0 Å². The number of nitrogens with zero attached hydrogens (tertiary/aromatic N) is 3. The maximum absolute atomic E-state index is 13.7. The second-order valence-corrected chi connectivity index (χ2v) is 7.75. The SMILES string of the molecule is CCOc1ccccc1N1CSC2=C(C#N)[C@H](c3cccc(F)c3)CC(=O)N2C1. The smallest absolute Gasteiger partial charge is 0.229 e. The Morgan fingerprint density at radius 3 is 2.86 bits per heavy atom. The van der Waals surface area contributed by atoms with Gasteiger partial charge >= 0.3 is 0 Å². The first kappa shape index (κ1) is 19.3. The van der Waals surface area contributed by atoms with Gasteiger partial charge in [-0.25, -0.2) is 4.39 Å². The minimum atomic E-state index is -0.413. The van der Waals surface area contributed by atoms with Crippen molar-refractivity contribution in [1.29, 1.82) is 5.26 Å². The van der Waals surface area contributed by atoms with Crippen LogP contribution in [0.3, 0.4) is 0 Å². The molecule has 1 saturated heterocycles. The van der Waals surface area contributed by atoms with Crippen LogP contribution in [-0.2, 0) is 4.79 Å². The van der Waals surface area contributed by atoms with E-state index in [2.05, 4.69) is 11.0 Å². The normalized spacial score (nSPS) is 19.1. The van der Waals surface area contributed by atoms with Gasteiger partial charge in [-0.15, -0.1) is 0 Å². The van der Waals surface area contributed by atoms with Gasteiger partial charge in [0, 0.05) is 12.3 Å². The first-order valence-corrected chi connectivity index (χ1v) is 10.4. The number of hydrogen-bond donors (Lipinski definition) is 0. The topological polar surface area (TPSA) is 56.6 Å². The van der Waals surface area contributed by atoms with Crippen LogP contribution in [-0.4, -0.2) is 30.0 Å². The van der Waals surface area contributed by atoms with Crippen molar-refractivity contribution in [2.24, 2.45) is 0 Å². The lowest BCUT2D eigenvalue weighted by molar-refractivity contribution is -0.129. The third-order valence-corrected chi connectivity index (χ3v) is 6.20. The molecule has 1 atom stereocenters. The standard InChI is InChI=1S/C22H20FN3O2S/c1-2-28-20-9-4-3-8-19(20)25-13-26-21(27)11-17(15-6-5-7-16(23)10-15)18(12-24)22(26)29-14-25/h3-10,17H,2,11,13-14H2,1H3/t17-/m0/s1. The van der Waals surface area contributed by atoms with Gasteiger partial charge in [-0.2, -0.15) is 5.26 Å². The molecule has 0 unspecified atom stereocenters. The Morgan fingerprint density at radius 2 is 2.10 bits per heavy atom. The van der Waals surface area contributed by atoms with Crippen LogP contribution in [0.5, 0.6) is 5.75 Å². The number of halogens is 1. The molecule has 7 heteroatoms. The summed E-state index contributed by atoms with van der Waals surface area (Å²) in [6.07, 6.45) is 0.150. The highest BCUT2D eigenvalue weighted by atomic mass is 32.2. The van der Waals surface area contributed by atoms with Crippen molar-refractivity contribution in [1.82, 2.24) is 4.90 Å². The molecule has 2 aliphatic rings. The van der Waals surface area contributed by atoms with Crippen LogP contribution >= 0.6 is 11.8 Å². The number of para-hydroxylation sites is 2. The zero-order valence-corrected chi connectivity index (χ0v) is 16.8. The van der Waals surface area contributed by atoms with Crippen LogP contribution in [0.1, 0.15) is 24.8 Å². The van der Waals surface area contributed by atoms with Gasteiger partial charge in [0.25, 0.3) is 0 Å². The number of rotatable bonds is 4. The summed E-state index contributed by atoms with van der Waals surface area (Å²) < 4.78 is 19.4. The molecule has 2 aromatic rings. The lowest BCUT2D eigenvalue weighted by Crippen LogP contribution is -2.47. The van der Waals surface area contributed by atoms with Crippen LogP contribution < -0.4 is 9.64 Å². The second-order valence-electron chi connectivity index (χ2n) is 6.82. The minimum absolute atomic E-state index is 0.0700. The summed E-state index contributed by atoms with van der Waals surface area (Å²) in [5.41, 5.74) is 2.10. The molecule has 1 fully saturated rings. The predicted molar refractivity (Wildman–Crippen MR) is 111 cm³/mol. The maximum atomic E-state index is 13.7. The van der Waals surface area contributed by atoms with Gasteiger partial charge in [0.15, 0.2) is 0 Å². The van der Waals surface area contributed by atoms with Crippen molar-refractivity contribution < 1.29 is 13.9 Å². The number of ether oxygens (including phenoxy) is 1. The van der Waals surface area contributed by atoms with Gasteiger partial charge in [-0.05, 0) is 36.8 Å². The summed E-state index contributed by atoms with van der Waals surface area (Å²) in [5.74, 6) is 0.508. The Labute approximate surface area is 173 Å². The molecule has 2 aromatic carbocycles. The number of amides is 1. The molecule has 0 spiro atoms. The van der Waals surface area contributed by atoms with E-state index in [4.69, 9.17) is 4.74 Å². The molecule has 1 amide bonds. The zero-order chi connectivity index (χ0) is 20.4. The van der Waals surface area contributed by atoms with Crippen LogP contribution in [0.4, 0.5) is 10.1 Å². The van der Waals surface area contributed by atoms with E-state index in [0.29, 0.717) is 35.3 Å². The van der Waals surface area contributed by atoms with Gasteiger partial charge in [0.05, 0.1) is 41.5 Å².